The van der Waals surface area contributed by atoms with Crippen LogP contribution in [0.5, 0.6) is 0 Å². The molecule has 0 spiro atoms. The molecule has 0 bridgehead atoms. The van der Waals surface area contributed by atoms with Gasteiger partial charge in [0.05, 0.1) is 17.3 Å². The summed E-state index contributed by atoms with van der Waals surface area (Å²) in [5.41, 5.74) is 0.659. The lowest BCUT2D eigenvalue weighted by atomic mass is 9.90. The zero-order chi connectivity index (χ0) is 17.2. The van der Waals surface area contributed by atoms with Crippen LogP contribution in [0.3, 0.4) is 0 Å². The van der Waals surface area contributed by atoms with E-state index in [0.29, 0.717) is 23.5 Å². The maximum Gasteiger partial charge on any atom is 0.309 e. The molecular weight excluding hydrogens is 316 g/mol. The standard InChI is InChI=1S/C15H20N4O3S/c1-9-11(12(20)16-6-5-15(2,3)14(21)22)23-13(18-9)10-7-17-19(4)8-10/h7-8H,5-6H2,1-4H3,(H,16,20)(H,21,22). The third-order valence-electron chi connectivity index (χ3n) is 3.57. The summed E-state index contributed by atoms with van der Waals surface area (Å²) >= 11 is 1.31. The predicted molar refractivity (Wildman–Crippen MR) is 87.4 cm³/mol. The van der Waals surface area contributed by atoms with Gasteiger partial charge in [-0.25, -0.2) is 4.98 Å². The van der Waals surface area contributed by atoms with E-state index in [0.717, 1.165) is 10.6 Å². The fraction of sp³-hybridized carbons (Fsp3) is 0.467. The van der Waals surface area contributed by atoms with Crippen molar-refractivity contribution in [2.45, 2.75) is 27.2 Å². The molecule has 0 aliphatic rings. The van der Waals surface area contributed by atoms with Gasteiger partial charge >= 0.3 is 5.97 Å². The van der Waals surface area contributed by atoms with Gasteiger partial charge in [0.2, 0.25) is 0 Å². The largest absolute Gasteiger partial charge is 0.481 e. The second-order valence-corrected chi connectivity index (χ2v) is 7.03. The summed E-state index contributed by atoms with van der Waals surface area (Å²) < 4.78 is 1.68. The minimum atomic E-state index is -0.875. The Morgan fingerprint density at radius 1 is 1.43 bits per heavy atom. The van der Waals surface area contributed by atoms with Crippen LogP contribution in [0.15, 0.2) is 12.4 Å². The number of carboxylic acids is 1. The summed E-state index contributed by atoms with van der Waals surface area (Å²) in [5, 5.41) is 16.7. The normalized spacial score (nSPS) is 11.5. The fourth-order valence-corrected chi connectivity index (χ4v) is 2.90. The fourth-order valence-electron chi connectivity index (χ4n) is 1.94. The van der Waals surface area contributed by atoms with Gasteiger partial charge in [-0.15, -0.1) is 11.3 Å². The van der Waals surface area contributed by atoms with Crippen molar-refractivity contribution in [3.63, 3.8) is 0 Å². The topological polar surface area (TPSA) is 97.1 Å². The highest BCUT2D eigenvalue weighted by atomic mass is 32.1. The number of hydrogen-bond acceptors (Lipinski definition) is 5. The number of aromatic nitrogens is 3. The van der Waals surface area contributed by atoms with E-state index in [4.69, 9.17) is 5.11 Å². The Morgan fingerprint density at radius 2 is 2.13 bits per heavy atom. The highest BCUT2D eigenvalue weighted by molar-refractivity contribution is 7.17. The van der Waals surface area contributed by atoms with Gasteiger partial charge in [-0.05, 0) is 27.2 Å². The average Bonchev–Trinajstić information content (AvgIpc) is 3.04. The highest BCUT2D eigenvalue weighted by Gasteiger charge is 2.27. The lowest BCUT2D eigenvalue weighted by Gasteiger charge is -2.18. The number of carbonyl (C=O) groups is 2. The summed E-state index contributed by atoms with van der Waals surface area (Å²) in [5.74, 6) is -1.10. The number of amides is 1. The van der Waals surface area contributed by atoms with Gasteiger partial charge < -0.3 is 10.4 Å². The molecular formula is C15H20N4O3S. The monoisotopic (exact) mass is 336 g/mol. The molecule has 0 aromatic carbocycles. The third-order valence-corrected chi connectivity index (χ3v) is 4.77. The van der Waals surface area contributed by atoms with E-state index >= 15 is 0 Å². The summed E-state index contributed by atoms with van der Waals surface area (Å²) in [6, 6.07) is 0. The number of aryl methyl sites for hydroxylation is 2. The molecule has 0 fully saturated rings. The third kappa shape index (κ3) is 3.95. The Kier molecular flexibility index (Phi) is 4.84. The van der Waals surface area contributed by atoms with Crippen molar-refractivity contribution in [1.82, 2.24) is 20.1 Å². The van der Waals surface area contributed by atoms with Crippen LogP contribution in [-0.4, -0.2) is 38.3 Å². The van der Waals surface area contributed by atoms with Crippen LogP contribution in [0.4, 0.5) is 0 Å². The van der Waals surface area contributed by atoms with Gasteiger partial charge in [-0.2, -0.15) is 5.10 Å². The van der Waals surface area contributed by atoms with E-state index in [9.17, 15) is 9.59 Å². The maximum absolute atomic E-state index is 12.3. The van der Waals surface area contributed by atoms with Crippen molar-refractivity contribution in [2.24, 2.45) is 12.5 Å². The number of nitrogens with one attached hydrogen (secondary N) is 1. The van der Waals surface area contributed by atoms with E-state index in [1.54, 1.807) is 31.6 Å². The Morgan fingerprint density at radius 3 is 2.70 bits per heavy atom. The Balaban J connectivity index is 2.03. The number of carboxylic acid groups (broad SMARTS) is 1. The molecule has 8 heteroatoms. The van der Waals surface area contributed by atoms with Crippen molar-refractivity contribution >= 4 is 23.2 Å². The van der Waals surface area contributed by atoms with Gasteiger partial charge in [-0.1, -0.05) is 0 Å². The summed E-state index contributed by atoms with van der Waals surface area (Å²) in [4.78, 5) is 28.3. The van der Waals surface area contributed by atoms with Crippen LogP contribution in [0, 0.1) is 12.3 Å². The van der Waals surface area contributed by atoms with Gasteiger partial charge in [0, 0.05) is 25.4 Å². The molecule has 0 aliphatic carbocycles. The van der Waals surface area contributed by atoms with Gasteiger partial charge in [0.1, 0.15) is 9.88 Å². The molecule has 23 heavy (non-hydrogen) atoms. The van der Waals surface area contributed by atoms with Crippen LogP contribution in [0.2, 0.25) is 0 Å². The van der Waals surface area contributed by atoms with E-state index in [-0.39, 0.29) is 5.91 Å². The Bertz CT molecular complexity index is 733. The van der Waals surface area contributed by atoms with Crippen molar-refractivity contribution < 1.29 is 14.7 Å². The Labute approximate surface area is 138 Å². The van der Waals surface area contributed by atoms with E-state index in [1.165, 1.54) is 11.3 Å². The molecule has 0 saturated carbocycles. The van der Waals surface area contributed by atoms with Crippen molar-refractivity contribution in [3.05, 3.63) is 23.0 Å². The molecule has 2 heterocycles. The highest BCUT2D eigenvalue weighted by Crippen LogP contribution is 2.27. The first-order chi connectivity index (χ1) is 10.7. The molecule has 0 aliphatic heterocycles. The summed E-state index contributed by atoms with van der Waals surface area (Å²) in [6.07, 6.45) is 3.91. The molecule has 0 saturated heterocycles. The molecule has 0 radical (unpaired) electrons. The minimum absolute atomic E-state index is 0.226. The second-order valence-electron chi connectivity index (χ2n) is 6.03. The van der Waals surface area contributed by atoms with Gasteiger partial charge in [-0.3, -0.25) is 14.3 Å². The zero-order valence-corrected chi connectivity index (χ0v) is 14.4. The first-order valence-corrected chi connectivity index (χ1v) is 8.00. The molecule has 2 aromatic heterocycles. The van der Waals surface area contributed by atoms with E-state index in [1.807, 2.05) is 13.2 Å². The number of hydrogen-bond donors (Lipinski definition) is 2. The molecule has 0 unspecified atom stereocenters. The quantitative estimate of drug-likeness (QED) is 0.842. The SMILES string of the molecule is Cc1nc(-c2cnn(C)c2)sc1C(=O)NCCC(C)(C)C(=O)O. The van der Waals surface area contributed by atoms with E-state index in [2.05, 4.69) is 15.4 Å². The van der Waals surface area contributed by atoms with Gasteiger partial charge in [0.25, 0.3) is 5.91 Å². The molecule has 2 aromatic rings. The van der Waals surface area contributed by atoms with Crippen molar-refractivity contribution in [3.8, 4) is 10.6 Å². The number of thiazole rings is 1. The van der Waals surface area contributed by atoms with Crippen LogP contribution in [0.25, 0.3) is 10.6 Å². The van der Waals surface area contributed by atoms with E-state index < -0.39 is 11.4 Å². The zero-order valence-electron chi connectivity index (χ0n) is 13.6. The average molecular weight is 336 g/mol. The smallest absolute Gasteiger partial charge is 0.309 e. The minimum Gasteiger partial charge on any atom is -0.481 e. The number of aliphatic carboxylic acids is 1. The van der Waals surface area contributed by atoms with Crippen molar-refractivity contribution in [2.75, 3.05) is 6.54 Å². The molecule has 124 valence electrons. The van der Waals surface area contributed by atoms with Crippen LogP contribution in [-0.2, 0) is 11.8 Å². The maximum atomic E-state index is 12.3. The van der Waals surface area contributed by atoms with Crippen LogP contribution >= 0.6 is 11.3 Å². The second kappa shape index (κ2) is 6.49. The van der Waals surface area contributed by atoms with Crippen LogP contribution < -0.4 is 5.32 Å². The van der Waals surface area contributed by atoms with Gasteiger partial charge in [0.15, 0.2) is 0 Å². The molecule has 2 rings (SSSR count). The number of carbonyl (C=O) groups excluding carboxylic acids is 1. The lowest BCUT2D eigenvalue weighted by Crippen LogP contribution is -2.31. The molecule has 1 amide bonds. The summed E-state index contributed by atoms with van der Waals surface area (Å²) in [6.45, 7) is 5.37. The molecule has 7 nitrogen and oxygen atoms in total. The molecule has 0 atom stereocenters. The van der Waals surface area contributed by atoms with Crippen molar-refractivity contribution in [1.29, 1.82) is 0 Å². The number of nitrogens with zero attached hydrogens (tertiary/aromatic N) is 3. The summed E-state index contributed by atoms with van der Waals surface area (Å²) in [7, 11) is 1.82. The Hall–Kier alpha value is -2.22. The molecule has 2 N–H and O–H groups in total. The predicted octanol–water partition coefficient (Wildman–Crippen LogP) is 2.08. The first kappa shape index (κ1) is 17.1. The first-order valence-electron chi connectivity index (χ1n) is 7.19. The van der Waals surface area contributed by atoms with Crippen LogP contribution in [0.1, 0.15) is 35.6 Å². The number of rotatable bonds is 6. The lowest BCUT2D eigenvalue weighted by molar-refractivity contribution is -0.147.